The summed E-state index contributed by atoms with van der Waals surface area (Å²) in [5.41, 5.74) is 0.243. The van der Waals surface area contributed by atoms with E-state index in [4.69, 9.17) is 0 Å². The van der Waals surface area contributed by atoms with Gasteiger partial charge in [0.2, 0.25) is 0 Å². The summed E-state index contributed by atoms with van der Waals surface area (Å²) in [6, 6.07) is 0. The third-order valence-corrected chi connectivity index (χ3v) is 1.18. The molecule has 0 N–H and O–H groups in total. The second-order valence-electron chi connectivity index (χ2n) is 1.86. The first-order valence-corrected chi connectivity index (χ1v) is 3.76. The molecule has 1 aromatic heterocycles. The molecule has 0 saturated heterocycles. The number of hydrogen-bond donors (Lipinski definition) is 0. The highest BCUT2D eigenvalue weighted by molar-refractivity contribution is 5.14. The van der Waals surface area contributed by atoms with Gasteiger partial charge in [-0.1, -0.05) is 13.8 Å². The summed E-state index contributed by atoms with van der Waals surface area (Å²) in [7, 11) is 0. The van der Waals surface area contributed by atoms with Gasteiger partial charge in [-0.2, -0.15) is 0 Å². The quantitative estimate of drug-likeness (QED) is 0.654. The molecule has 68 valence electrons. The van der Waals surface area contributed by atoms with E-state index in [0.717, 1.165) is 6.20 Å². The van der Waals surface area contributed by atoms with Crippen LogP contribution in [-0.4, -0.2) is 9.97 Å². The molecule has 1 heterocycles. The predicted octanol–water partition coefficient (Wildman–Crippen LogP) is 2.75. The van der Waals surface area contributed by atoms with Crippen LogP contribution in [0, 0.1) is 6.92 Å². The van der Waals surface area contributed by atoms with Crippen LogP contribution in [0.2, 0.25) is 0 Å². The fourth-order valence-corrected chi connectivity index (χ4v) is 0.616. The minimum Gasteiger partial charge on any atom is -0.244 e. The highest BCUT2D eigenvalue weighted by Crippen LogP contribution is 2.18. The molecular formula is C8H12F2N2. The van der Waals surface area contributed by atoms with Gasteiger partial charge in [0, 0.05) is 11.9 Å². The maximum atomic E-state index is 11.9. The largest absolute Gasteiger partial charge is 0.267 e. The molecule has 0 atom stereocenters. The highest BCUT2D eigenvalue weighted by Gasteiger charge is 2.09. The van der Waals surface area contributed by atoms with Crippen LogP contribution >= 0.6 is 0 Å². The zero-order valence-corrected chi connectivity index (χ0v) is 7.38. The van der Waals surface area contributed by atoms with E-state index in [2.05, 4.69) is 9.97 Å². The minimum atomic E-state index is -2.47. The van der Waals surface area contributed by atoms with Gasteiger partial charge in [-0.3, -0.25) is 0 Å². The predicted molar refractivity (Wildman–Crippen MR) is 43.1 cm³/mol. The van der Waals surface area contributed by atoms with Gasteiger partial charge >= 0.3 is 0 Å². The van der Waals surface area contributed by atoms with Crippen molar-refractivity contribution < 1.29 is 8.78 Å². The van der Waals surface area contributed by atoms with E-state index in [0.29, 0.717) is 5.69 Å². The molecule has 0 radical (unpaired) electrons. The standard InChI is InChI=1S/C6H6F2N2.C2H6/c1-4-5(6(7)8)2-9-3-10-4;1-2/h2-3,6H,1H3;1-2H3. The number of alkyl halides is 2. The van der Waals surface area contributed by atoms with Gasteiger partial charge in [0.15, 0.2) is 0 Å². The summed E-state index contributed by atoms with van der Waals surface area (Å²) in [5, 5.41) is 0. The third kappa shape index (κ3) is 2.90. The molecule has 0 aliphatic rings. The van der Waals surface area contributed by atoms with Crippen molar-refractivity contribution in [3.8, 4) is 0 Å². The number of rotatable bonds is 1. The lowest BCUT2D eigenvalue weighted by Crippen LogP contribution is -1.93. The molecule has 0 aliphatic carbocycles. The van der Waals surface area contributed by atoms with Crippen molar-refractivity contribution in [2.45, 2.75) is 27.2 Å². The van der Waals surface area contributed by atoms with Crippen molar-refractivity contribution in [2.24, 2.45) is 0 Å². The monoisotopic (exact) mass is 174 g/mol. The molecule has 1 rings (SSSR count). The molecule has 0 aliphatic heterocycles. The third-order valence-electron chi connectivity index (χ3n) is 1.18. The van der Waals surface area contributed by atoms with Gasteiger partial charge in [0.25, 0.3) is 6.43 Å². The smallest absolute Gasteiger partial charge is 0.244 e. The number of aryl methyl sites for hydroxylation is 1. The summed E-state index contributed by atoms with van der Waals surface area (Å²) in [4.78, 5) is 7.08. The fraction of sp³-hybridized carbons (Fsp3) is 0.500. The Morgan fingerprint density at radius 2 is 1.92 bits per heavy atom. The first-order valence-electron chi connectivity index (χ1n) is 3.76. The van der Waals surface area contributed by atoms with Crippen molar-refractivity contribution in [1.82, 2.24) is 9.97 Å². The molecule has 0 unspecified atom stereocenters. The minimum absolute atomic E-state index is 0.0949. The van der Waals surface area contributed by atoms with Crippen LogP contribution in [0.25, 0.3) is 0 Å². The van der Waals surface area contributed by atoms with Gasteiger partial charge in [0.05, 0.1) is 5.56 Å². The molecule has 0 amide bonds. The summed E-state index contributed by atoms with van der Waals surface area (Å²) < 4.78 is 23.9. The van der Waals surface area contributed by atoms with Gasteiger partial charge < -0.3 is 0 Å². The van der Waals surface area contributed by atoms with Crippen LogP contribution in [0.4, 0.5) is 8.78 Å². The van der Waals surface area contributed by atoms with Crippen LogP contribution in [0.3, 0.4) is 0 Å². The Morgan fingerprint density at radius 3 is 2.25 bits per heavy atom. The fourth-order valence-electron chi connectivity index (χ4n) is 0.616. The molecule has 12 heavy (non-hydrogen) atoms. The first kappa shape index (κ1) is 10.9. The molecular weight excluding hydrogens is 162 g/mol. The van der Waals surface area contributed by atoms with Crippen molar-refractivity contribution >= 4 is 0 Å². The average Bonchev–Trinajstić information content (AvgIpc) is 2.08. The maximum absolute atomic E-state index is 11.9. The molecule has 1 aromatic rings. The van der Waals surface area contributed by atoms with Crippen molar-refractivity contribution in [1.29, 1.82) is 0 Å². The van der Waals surface area contributed by atoms with Crippen molar-refractivity contribution in [3.05, 3.63) is 23.8 Å². The topological polar surface area (TPSA) is 25.8 Å². The normalized spacial score (nSPS) is 9.17. The Hall–Kier alpha value is -1.06. The number of nitrogens with zero attached hydrogens (tertiary/aromatic N) is 2. The van der Waals surface area contributed by atoms with E-state index in [1.807, 2.05) is 13.8 Å². The van der Waals surface area contributed by atoms with E-state index in [1.165, 1.54) is 13.3 Å². The molecule has 0 spiro atoms. The number of hydrogen-bond acceptors (Lipinski definition) is 2. The Morgan fingerprint density at radius 1 is 1.33 bits per heavy atom. The number of halogens is 2. The van der Waals surface area contributed by atoms with E-state index >= 15 is 0 Å². The van der Waals surface area contributed by atoms with Gasteiger partial charge in [0.1, 0.15) is 6.33 Å². The molecule has 0 fully saturated rings. The van der Waals surface area contributed by atoms with Crippen LogP contribution in [0.5, 0.6) is 0 Å². The van der Waals surface area contributed by atoms with Crippen LogP contribution < -0.4 is 0 Å². The lowest BCUT2D eigenvalue weighted by atomic mass is 10.2. The van der Waals surface area contributed by atoms with Crippen LogP contribution in [0.1, 0.15) is 31.5 Å². The summed E-state index contributed by atoms with van der Waals surface area (Å²) >= 11 is 0. The Balaban J connectivity index is 0.000000561. The van der Waals surface area contributed by atoms with E-state index in [-0.39, 0.29) is 5.56 Å². The molecule has 2 nitrogen and oxygen atoms in total. The Labute approximate surface area is 70.7 Å². The lowest BCUT2D eigenvalue weighted by molar-refractivity contribution is 0.149. The second kappa shape index (κ2) is 5.57. The summed E-state index contributed by atoms with van der Waals surface area (Å²) in [6.45, 7) is 5.53. The van der Waals surface area contributed by atoms with Crippen molar-refractivity contribution in [3.63, 3.8) is 0 Å². The van der Waals surface area contributed by atoms with E-state index < -0.39 is 6.43 Å². The van der Waals surface area contributed by atoms with Gasteiger partial charge in [-0.05, 0) is 6.92 Å². The first-order chi connectivity index (χ1) is 5.72. The maximum Gasteiger partial charge on any atom is 0.267 e. The van der Waals surface area contributed by atoms with Crippen LogP contribution in [0.15, 0.2) is 12.5 Å². The van der Waals surface area contributed by atoms with Gasteiger partial charge in [-0.15, -0.1) is 0 Å². The Bertz CT molecular complexity index is 226. The molecule has 0 saturated carbocycles. The van der Waals surface area contributed by atoms with Gasteiger partial charge in [-0.25, -0.2) is 18.7 Å². The summed E-state index contributed by atoms with van der Waals surface area (Å²) in [6.07, 6.45) is -0.0880. The lowest BCUT2D eigenvalue weighted by Gasteiger charge is -1.99. The van der Waals surface area contributed by atoms with Crippen LogP contribution in [-0.2, 0) is 0 Å². The Kier molecular flexibility index (Phi) is 5.08. The number of aromatic nitrogens is 2. The van der Waals surface area contributed by atoms with Crippen molar-refractivity contribution in [2.75, 3.05) is 0 Å². The summed E-state index contributed by atoms with van der Waals surface area (Å²) in [5.74, 6) is 0. The zero-order chi connectivity index (χ0) is 9.56. The average molecular weight is 174 g/mol. The molecule has 0 aromatic carbocycles. The molecule has 0 bridgehead atoms. The SMILES string of the molecule is CC.Cc1ncncc1C(F)F. The zero-order valence-electron chi connectivity index (χ0n) is 7.38. The second-order valence-corrected chi connectivity index (χ2v) is 1.86. The molecule has 4 heteroatoms. The van der Waals surface area contributed by atoms with E-state index in [1.54, 1.807) is 0 Å². The highest BCUT2D eigenvalue weighted by atomic mass is 19.3. The van der Waals surface area contributed by atoms with E-state index in [9.17, 15) is 8.78 Å².